The van der Waals surface area contributed by atoms with Crippen LogP contribution in [0.25, 0.3) is 39.6 Å². The number of hydrogen-bond acceptors (Lipinski definition) is 7. The maximum Gasteiger partial charge on any atom is 0.253 e. The van der Waals surface area contributed by atoms with Crippen molar-refractivity contribution in [1.82, 2.24) is 24.7 Å². The zero-order valence-corrected chi connectivity index (χ0v) is 18.2. The molecule has 0 amide bonds. The third-order valence-corrected chi connectivity index (χ3v) is 5.83. The number of fused-ring (bicyclic) bond motifs is 1. The molecule has 1 saturated heterocycles. The van der Waals surface area contributed by atoms with Crippen LogP contribution in [-0.2, 0) is 4.74 Å². The second-order valence-corrected chi connectivity index (χ2v) is 7.93. The van der Waals surface area contributed by atoms with Gasteiger partial charge in [-0.1, -0.05) is 30.3 Å². The van der Waals surface area contributed by atoms with Gasteiger partial charge >= 0.3 is 0 Å². The minimum absolute atomic E-state index is 0.507. The van der Waals surface area contributed by atoms with E-state index in [1.807, 2.05) is 61.7 Å². The Morgan fingerprint density at radius 2 is 1.73 bits per heavy atom. The maximum atomic E-state index is 6.36. The smallest absolute Gasteiger partial charge is 0.253 e. The van der Waals surface area contributed by atoms with Crippen molar-refractivity contribution in [1.29, 1.82) is 0 Å². The van der Waals surface area contributed by atoms with Crippen molar-refractivity contribution >= 4 is 16.9 Å². The summed E-state index contributed by atoms with van der Waals surface area (Å²) in [4.78, 5) is 16.2. The summed E-state index contributed by atoms with van der Waals surface area (Å²) in [5.41, 5.74) is 5.22. The molecule has 0 atom stereocenters. The topological polar surface area (TPSA) is 82.1 Å². The molecule has 0 saturated carbocycles. The first kappa shape index (κ1) is 19.6. The second-order valence-electron chi connectivity index (χ2n) is 7.93. The molecule has 33 heavy (non-hydrogen) atoms. The number of nitrogens with zero attached hydrogens (tertiary/aromatic N) is 6. The second kappa shape index (κ2) is 8.14. The number of aromatic nitrogens is 5. The van der Waals surface area contributed by atoms with E-state index >= 15 is 0 Å². The Labute approximate surface area is 190 Å². The quantitative estimate of drug-likeness (QED) is 0.414. The molecule has 1 aliphatic heterocycles. The largest absolute Gasteiger partial charge is 0.450 e. The molecule has 1 aliphatic rings. The molecule has 0 aliphatic carbocycles. The van der Waals surface area contributed by atoms with Gasteiger partial charge in [-0.3, -0.25) is 4.98 Å². The SMILES string of the molecule is Cc1c(-c2cccnc2)oc2c(N3CCOCC3)nc(-n3ccc(-c4ccccc4)n3)nc12. The molecule has 1 aromatic carbocycles. The molecule has 0 unspecified atom stereocenters. The number of hydrogen-bond donors (Lipinski definition) is 0. The summed E-state index contributed by atoms with van der Waals surface area (Å²) in [7, 11) is 0. The number of ether oxygens (including phenoxy) is 1. The first-order valence-electron chi connectivity index (χ1n) is 10.9. The van der Waals surface area contributed by atoms with Gasteiger partial charge in [0.25, 0.3) is 5.95 Å². The van der Waals surface area contributed by atoms with Gasteiger partial charge in [-0.2, -0.15) is 10.1 Å². The van der Waals surface area contributed by atoms with E-state index in [0.29, 0.717) is 24.7 Å². The highest BCUT2D eigenvalue weighted by molar-refractivity contribution is 5.92. The fraction of sp³-hybridized carbons (Fsp3) is 0.200. The van der Waals surface area contributed by atoms with E-state index in [1.54, 1.807) is 17.1 Å². The fourth-order valence-electron chi connectivity index (χ4n) is 4.12. The van der Waals surface area contributed by atoms with Gasteiger partial charge in [0.15, 0.2) is 11.4 Å². The molecule has 0 N–H and O–H groups in total. The number of benzene rings is 1. The van der Waals surface area contributed by atoms with E-state index in [1.165, 1.54) is 0 Å². The van der Waals surface area contributed by atoms with Crippen LogP contribution in [0.15, 0.2) is 71.5 Å². The van der Waals surface area contributed by atoms with Crippen molar-refractivity contribution < 1.29 is 9.15 Å². The van der Waals surface area contributed by atoms with E-state index in [9.17, 15) is 0 Å². The molecular weight excluding hydrogens is 416 g/mol. The summed E-state index contributed by atoms with van der Waals surface area (Å²) < 4.78 is 13.6. The van der Waals surface area contributed by atoms with Crippen molar-refractivity contribution in [3.05, 3.63) is 72.7 Å². The summed E-state index contributed by atoms with van der Waals surface area (Å²) in [6, 6.07) is 15.9. The Morgan fingerprint density at radius 1 is 0.909 bits per heavy atom. The number of anilines is 1. The highest BCUT2D eigenvalue weighted by atomic mass is 16.5. The van der Waals surface area contributed by atoms with E-state index < -0.39 is 0 Å². The van der Waals surface area contributed by atoms with Crippen LogP contribution in [0.2, 0.25) is 0 Å². The maximum absolute atomic E-state index is 6.36. The zero-order valence-electron chi connectivity index (χ0n) is 18.2. The van der Waals surface area contributed by atoms with Gasteiger partial charge in [-0.15, -0.1) is 0 Å². The lowest BCUT2D eigenvalue weighted by Crippen LogP contribution is -2.37. The van der Waals surface area contributed by atoms with Crippen molar-refractivity contribution in [3.8, 4) is 28.5 Å². The van der Waals surface area contributed by atoms with Crippen molar-refractivity contribution in [2.75, 3.05) is 31.2 Å². The number of pyridine rings is 1. The lowest BCUT2D eigenvalue weighted by molar-refractivity contribution is 0.122. The van der Waals surface area contributed by atoms with Crippen LogP contribution in [0.4, 0.5) is 5.82 Å². The first-order valence-corrected chi connectivity index (χ1v) is 10.9. The van der Waals surface area contributed by atoms with Gasteiger partial charge in [0.1, 0.15) is 11.3 Å². The first-order chi connectivity index (χ1) is 16.3. The van der Waals surface area contributed by atoms with Gasteiger partial charge in [0.2, 0.25) is 0 Å². The number of furan rings is 1. The number of aryl methyl sites for hydroxylation is 1. The predicted molar refractivity (Wildman–Crippen MR) is 125 cm³/mol. The standard InChI is InChI=1S/C25H22N6O2/c1-17-21-23(33-22(17)19-8-5-10-26-16-19)24(30-12-14-32-15-13-30)28-25(27-21)31-11-9-20(29-31)18-6-3-2-4-7-18/h2-11,16H,12-15H2,1H3. The molecule has 0 radical (unpaired) electrons. The van der Waals surface area contributed by atoms with Crippen LogP contribution in [0.5, 0.6) is 0 Å². The summed E-state index contributed by atoms with van der Waals surface area (Å²) in [6.07, 6.45) is 5.44. The van der Waals surface area contributed by atoms with Gasteiger partial charge in [-0.05, 0) is 25.1 Å². The highest BCUT2D eigenvalue weighted by Crippen LogP contribution is 2.36. The van der Waals surface area contributed by atoms with Crippen LogP contribution >= 0.6 is 0 Å². The van der Waals surface area contributed by atoms with E-state index in [2.05, 4.69) is 9.88 Å². The Bertz CT molecular complexity index is 1410. The van der Waals surface area contributed by atoms with Crippen molar-refractivity contribution in [3.63, 3.8) is 0 Å². The Morgan fingerprint density at radius 3 is 2.52 bits per heavy atom. The van der Waals surface area contributed by atoms with Crippen LogP contribution in [0.3, 0.4) is 0 Å². The zero-order chi connectivity index (χ0) is 22.2. The fourth-order valence-corrected chi connectivity index (χ4v) is 4.12. The van der Waals surface area contributed by atoms with Crippen LogP contribution < -0.4 is 4.90 Å². The summed E-state index contributed by atoms with van der Waals surface area (Å²) in [5, 5.41) is 4.75. The third-order valence-electron chi connectivity index (χ3n) is 5.83. The lowest BCUT2D eigenvalue weighted by atomic mass is 10.1. The Hall–Kier alpha value is -4.04. The molecule has 1 fully saturated rings. The van der Waals surface area contributed by atoms with E-state index in [0.717, 1.165) is 52.6 Å². The highest BCUT2D eigenvalue weighted by Gasteiger charge is 2.24. The minimum Gasteiger partial charge on any atom is -0.450 e. The Balaban J connectivity index is 1.52. The number of morpholine rings is 1. The average molecular weight is 438 g/mol. The monoisotopic (exact) mass is 438 g/mol. The van der Waals surface area contributed by atoms with Crippen molar-refractivity contribution in [2.45, 2.75) is 6.92 Å². The van der Waals surface area contributed by atoms with E-state index in [-0.39, 0.29) is 0 Å². The van der Waals surface area contributed by atoms with Crippen molar-refractivity contribution in [2.24, 2.45) is 0 Å². The van der Waals surface area contributed by atoms with E-state index in [4.69, 9.17) is 24.2 Å². The minimum atomic E-state index is 0.507. The molecule has 164 valence electrons. The lowest BCUT2D eigenvalue weighted by Gasteiger charge is -2.27. The van der Waals surface area contributed by atoms with Gasteiger partial charge in [-0.25, -0.2) is 9.67 Å². The summed E-state index contributed by atoms with van der Waals surface area (Å²) in [6.45, 7) is 4.79. The molecule has 0 bridgehead atoms. The molecule has 8 heteroatoms. The summed E-state index contributed by atoms with van der Waals surface area (Å²) >= 11 is 0. The molecule has 5 aromatic rings. The molecule has 8 nitrogen and oxygen atoms in total. The predicted octanol–water partition coefficient (Wildman–Crippen LogP) is 4.28. The van der Waals surface area contributed by atoms with Gasteiger partial charge in [0.05, 0.1) is 18.9 Å². The third kappa shape index (κ3) is 3.54. The molecule has 5 heterocycles. The molecule has 4 aromatic heterocycles. The van der Waals surface area contributed by atoms with Gasteiger partial charge < -0.3 is 14.1 Å². The summed E-state index contributed by atoms with van der Waals surface area (Å²) in [5.74, 6) is 2.02. The van der Waals surface area contributed by atoms with Crippen LogP contribution in [-0.4, -0.2) is 51.0 Å². The number of rotatable bonds is 4. The average Bonchev–Trinajstić information content (AvgIpc) is 3.51. The molecule has 0 spiro atoms. The normalized spacial score (nSPS) is 14.2. The molecule has 6 rings (SSSR count). The van der Waals surface area contributed by atoms with Crippen LogP contribution in [0, 0.1) is 6.92 Å². The molecular formula is C25H22N6O2. The van der Waals surface area contributed by atoms with Crippen LogP contribution in [0.1, 0.15) is 5.56 Å². The Kier molecular flexibility index (Phi) is 4.84. The van der Waals surface area contributed by atoms with Gasteiger partial charge in [0, 0.05) is 48.4 Å².